The summed E-state index contributed by atoms with van der Waals surface area (Å²) in [6.45, 7) is -0.0551. The van der Waals surface area contributed by atoms with Gasteiger partial charge in [0.15, 0.2) is 11.6 Å². The highest BCUT2D eigenvalue weighted by molar-refractivity contribution is 5.93. The van der Waals surface area contributed by atoms with Crippen molar-refractivity contribution in [3.8, 4) is 5.75 Å². The molecule has 2 aromatic carbocycles. The van der Waals surface area contributed by atoms with Gasteiger partial charge in [0.1, 0.15) is 11.4 Å². The molecule has 0 aliphatic carbocycles. The summed E-state index contributed by atoms with van der Waals surface area (Å²) in [5.74, 6) is -5.05. The SMILES string of the molecule is COC(=O)C(COCc1ccccc1)Oc1ccc(F)c(C(N)=O)c1F. The van der Waals surface area contributed by atoms with E-state index in [0.717, 1.165) is 24.8 Å². The second-order valence-electron chi connectivity index (χ2n) is 5.23. The third-order valence-electron chi connectivity index (χ3n) is 3.42. The highest BCUT2D eigenvalue weighted by Gasteiger charge is 2.26. The van der Waals surface area contributed by atoms with Crippen LogP contribution in [0.25, 0.3) is 0 Å². The summed E-state index contributed by atoms with van der Waals surface area (Å²) in [6.07, 6.45) is -1.32. The van der Waals surface area contributed by atoms with Gasteiger partial charge in [-0.3, -0.25) is 4.79 Å². The molecule has 0 aliphatic heterocycles. The number of carbonyl (C=O) groups excluding carboxylic acids is 2. The molecule has 0 saturated carbocycles. The Labute approximate surface area is 148 Å². The van der Waals surface area contributed by atoms with Gasteiger partial charge >= 0.3 is 5.97 Å². The lowest BCUT2D eigenvalue weighted by atomic mass is 10.1. The fraction of sp³-hybridized carbons (Fsp3) is 0.222. The first-order valence-electron chi connectivity index (χ1n) is 7.58. The van der Waals surface area contributed by atoms with Crippen molar-refractivity contribution in [1.29, 1.82) is 0 Å². The summed E-state index contributed by atoms with van der Waals surface area (Å²) in [6, 6.07) is 10.9. The first kappa shape index (κ1) is 19.3. The number of benzene rings is 2. The Morgan fingerprint density at radius 1 is 1.12 bits per heavy atom. The van der Waals surface area contributed by atoms with E-state index >= 15 is 0 Å². The summed E-state index contributed by atoms with van der Waals surface area (Å²) in [5, 5.41) is 0. The first-order chi connectivity index (χ1) is 12.4. The van der Waals surface area contributed by atoms with E-state index < -0.39 is 40.9 Å². The van der Waals surface area contributed by atoms with Crippen molar-refractivity contribution in [2.45, 2.75) is 12.7 Å². The molecule has 0 saturated heterocycles. The van der Waals surface area contributed by atoms with Crippen molar-refractivity contribution in [1.82, 2.24) is 0 Å². The molecule has 1 amide bonds. The van der Waals surface area contributed by atoms with E-state index in [1.807, 2.05) is 30.3 Å². The van der Waals surface area contributed by atoms with Gasteiger partial charge in [-0.15, -0.1) is 0 Å². The molecule has 138 valence electrons. The molecule has 8 heteroatoms. The van der Waals surface area contributed by atoms with Gasteiger partial charge in [0.25, 0.3) is 5.91 Å². The number of hydrogen-bond acceptors (Lipinski definition) is 5. The Hall–Kier alpha value is -3.00. The van der Waals surface area contributed by atoms with E-state index in [-0.39, 0.29) is 13.2 Å². The molecule has 0 bridgehead atoms. The van der Waals surface area contributed by atoms with Gasteiger partial charge in [0.05, 0.1) is 20.3 Å². The quantitative estimate of drug-likeness (QED) is 0.725. The van der Waals surface area contributed by atoms with Gasteiger partial charge in [-0.25, -0.2) is 13.6 Å². The van der Waals surface area contributed by atoms with Crippen LogP contribution in [0.15, 0.2) is 42.5 Å². The molecular weight excluding hydrogens is 348 g/mol. The molecule has 2 rings (SSSR count). The van der Waals surface area contributed by atoms with Crippen LogP contribution in [0, 0.1) is 11.6 Å². The third-order valence-corrected chi connectivity index (χ3v) is 3.42. The summed E-state index contributed by atoms with van der Waals surface area (Å²) in [4.78, 5) is 23.0. The number of hydrogen-bond donors (Lipinski definition) is 1. The van der Waals surface area contributed by atoms with Crippen LogP contribution < -0.4 is 10.5 Å². The van der Waals surface area contributed by atoms with Crippen LogP contribution in [0.5, 0.6) is 5.75 Å². The van der Waals surface area contributed by atoms with Crippen molar-refractivity contribution < 1.29 is 32.6 Å². The minimum absolute atomic E-state index is 0.191. The molecule has 0 aromatic heterocycles. The van der Waals surface area contributed by atoms with Gasteiger partial charge in [-0.2, -0.15) is 0 Å². The number of esters is 1. The van der Waals surface area contributed by atoms with E-state index in [1.54, 1.807) is 0 Å². The van der Waals surface area contributed by atoms with Crippen LogP contribution in [0.1, 0.15) is 15.9 Å². The minimum atomic E-state index is -1.32. The Kier molecular flexibility index (Phi) is 6.62. The average Bonchev–Trinajstić information content (AvgIpc) is 2.62. The van der Waals surface area contributed by atoms with Gasteiger partial charge in [-0.05, 0) is 17.7 Å². The number of methoxy groups -OCH3 is 1. The van der Waals surface area contributed by atoms with Crippen molar-refractivity contribution >= 4 is 11.9 Å². The molecule has 26 heavy (non-hydrogen) atoms. The average molecular weight is 365 g/mol. The Morgan fingerprint density at radius 2 is 1.81 bits per heavy atom. The second kappa shape index (κ2) is 8.91. The molecule has 1 unspecified atom stereocenters. The molecule has 0 heterocycles. The highest BCUT2D eigenvalue weighted by Crippen LogP contribution is 2.24. The van der Waals surface area contributed by atoms with Gasteiger partial charge in [0.2, 0.25) is 6.10 Å². The molecule has 0 radical (unpaired) electrons. The van der Waals surface area contributed by atoms with Crippen molar-refractivity contribution in [3.63, 3.8) is 0 Å². The van der Waals surface area contributed by atoms with E-state index in [0.29, 0.717) is 0 Å². The zero-order valence-corrected chi connectivity index (χ0v) is 13.9. The summed E-state index contributed by atoms with van der Waals surface area (Å²) >= 11 is 0. The van der Waals surface area contributed by atoms with Crippen molar-refractivity contribution in [2.75, 3.05) is 13.7 Å². The van der Waals surface area contributed by atoms with Crippen LogP contribution in [0.4, 0.5) is 8.78 Å². The second-order valence-corrected chi connectivity index (χ2v) is 5.23. The molecule has 6 nitrogen and oxygen atoms in total. The fourth-order valence-corrected chi connectivity index (χ4v) is 2.14. The lowest BCUT2D eigenvalue weighted by Crippen LogP contribution is -2.34. The maximum absolute atomic E-state index is 14.2. The topological polar surface area (TPSA) is 87.8 Å². The van der Waals surface area contributed by atoms with Gasteiger partial charge in [0, 0.05) is 0 Å². The standard InChI is InChI=1S/C18H17F2NO5/c1-24-18(23)14(10-25-9-11-5-3-2-4-6-11)26-13-8-7-12(19)15(16(13)20)17(21)22/h2-8,14H,9-10H2,1H3,(H2,21,22). The van der Waals surface area contributed by atoms with Crippen LogP contribution >= 0.6 is 0 Å². The maximum atomic E-state index is 14.2. The Bertz CT molecular complexity index is 783. The molecule has 0 spiro atoms. The van der Waals surface area contributed by atoms with E-state index in [4.69, 9.17) is 15.2 Å². The predicted molar refractivity (Wildman–Crippen MR) is 87.4 cm³/mol. The summed E-state index contributed by atoms with van der Waals surface area (Å²) in [7, 11) is 1.13. The van der Waals surface area contributed by atoms with Crippen LogP contribution in [-0.4, -0.2) is 31.7 Å². The normalized spacial score (nSPS) is 11.7. The number of primary amides is 1. The Morgan fingerprint density at radius 3 is 2.42 bits per heavy atom. The number of rotatable bonds is 8. The summed E-state index contributed by atoms with van der Waals surface area (Å²) in [5.41, 5.74) is 4.87. The summed E-state index contributed by atoms with van der Waals surface area (Å²) < 4.78 is 43.0. The maximum Gasteiger partial charge on any atom is 0.349 e. The zero-order valence-electron chi connectivity index (χ0n) is 13.9. The number of halogens is 2. The minimum Gasteiger partial charge on any atom is -0.473 e. The van der Waals surface area contributed by atoms with Crippen LogP contribution in [-0.2, 0) is 20.9 Å². The number of ether oxygens (including phenoxy) is 3. The zero-order chi connectivity index (χ0) is 19.1. The lowest BCUT2D eigenvalue weighted by molar-refractivity contribution is -0.152. The van der Waals surface area contributed by atoms with Crippen LogP contribution in [0.2, 0.25) is 0 Å². The molecule has 2 N–H and O–H groups in total. The molecular formula is C18H17F2NO5. The number of carbonyl (C=O) groups is 2. The molecule has 1 atom stereocenters. The lowest BCUT2D eigenvalue weighted by Gasteiger charge is -2.18. The van der Waals surface area contributed by atoms with Crippen molar-refractivity contribution in [3.05, 3.63) is 65.2 Å². The smallest absolute Gasteiger partial charge is 0.349 e. The van der Waals surface area contributed by atoms with Gasteiger partial charge < -0.3 is 19.9 Å². The van der Waals surface area contributed by atoms with Gasteiger partial charge in [-0.1, -0.05) is 30.3 Å². The highest BCUT2D eigenvalue weighted by atomic mass is 19.1. The number of amides is 1. The van der Waals surface area contributed by atoms with Crippen molar-refractivity contribution in [2.24, 2.45) is 5.73 Å². The van der Waals surface area contributed by atoms with Crippen LogP contribution in [0.3, 0.4) is 0 Å². The van der Waals surface area contributed by atoms with E-state index in [9.17, 15) is 18.4 Å². The Balaban J connectivity index is 2.12. The molecule has 0 fully saturated rings. The van der Waals surface area contributed by atoms with E-state index in [2.05, 4.69) is 4.74 Å². The largest absolute Gasteiger partial charge is 0.473 e. The fourth-order valence-electron chi connectivity index (χ4n) is 2.14. The number of nitrogens with two attached hydrogens (primary N) is 1. The third kappa shape index (κ3) is 4.76. The van der Waals surface area contributed by atoms with E-state index in [1.165, 1.54) is 0 Å². The molecule has 0 aliphatic rings. The first-order valence-corrected chi connectivity index (χ1v) is 7.58. The molecule has 2 aromatic rings. The predicted octanol–water partition coefficient (Wildman–Crippen LogP) is 2.20. The monoisotopic (exact) mass is 365 g/mol.